The van der Waals surface area contributed by atoms with Crippen LogP contribution >= 0.6 is 0 Å². The van der Waals surface area contributed by atoms with Crippen molar-refractivity contribution in [2.45, 2.75) is 39.2 Å². The summed E-state index contributed by atoms with van der Waals surface area (Å²) in [5.74, 6) is 1.13. The molecule has 1 aliphatic heterocycles. The summed E-state index contributed by atoms with van der Waals surface area (Å²) < 4.78 is 22.5. The Bertz CT molecular complexity index is 332. The molecule has 0 aromatic rings. The van der Waals surface area contributed by atoms with E-state index >= 15 is 0 Å². The fourth-order valence-corrected chi connectivity index (χ4v) is 4.11. The highest BCUT2D eigenvalue weighted by atomic mass is 32.2. The fraction of sp³-hybridized carbons (Fsp3) is 1.00. The van der Waals surface area contributed by atoms with E-state index in [9.17, 15) is 8.42 Å². The molecular formula is C11H21NO2S. The highest BCUT2D eigenvalue weighted by Gasteiger charge is 2.42. The minimum atomic E-state index is -2.70. The van der Waals surface area contributed by atoms with Crippen LogP contribution in [0, 0.1) is 11.3 Å². The molecule has 1 heterocycles. The standard InChI is InChI=1S/C11H21NO2S/c1-9(11(2)4-5-11)12-7-10-3-6-15(13,14)8-10/h9-10,12H,3-8H2,1-2H3. The van der Waals surface area contributed by atoms with Gasteiger partial charge in [0.1, 0.15) is 0 Å². The van der Waals surface area contributed by atoms with Gasteiger partial charge in [0.25, 0.3) is 0 Å². The molecule has 0 amide bonds. The van der Waals surface area contributed by atoms with Gasteiger partial charge in [-0.25, -0.2) is 8.42 Å². The lowest BCUT2D eigenvalue weighted by molar-refractivity contribution is 0.358. The minimum absolute atomic E-state index is 0.347. The molecule has 1 aliphatic carbocycles. The summed E-state index contributed by atoms with van der Waals surface area (Å²) in [6.07, 6.45) is 3.47. The fourth-order valence-electron chi connectivity index (χ4n) is 2.25. The quantitative estimate of drug-likeness (QED) is 0.791. The third kappa shape index (κ3) is 2.72. The highest BCUT2D eigenvalue weighted by Crippen LogP contribution is 2.47. The monoisotopic (exact) mass is 231 g/mol. The topological polar surface area (TPSA) is 46.2 Å². The third-order valence-electron chi connectivity index (χ3n) is 4.12. The van der Waals surface area contributed by atoms with Gasteiger partial charge in [-0.05, 0) is 44.1 Å². The second-order valence-corrected chi connectivity index (χ2v) is 7.78. The predicted octanol–water partition coefficient (Wildman–Crippen LogP) is 1.20. The molecule has 2 unspecified atom stereocenters. The van der Waals surface area contributed by atoms with Gasteiger partial charge in [-0.3, -0.25) is 0 Å². The van der Waals surface area contributed by atoms with Crippen LogP contribution in [0.1, 0.15) is 33.1 Å². The second kappa shape index (κ2) is 3.74. The molecule has 3 nitrogen and oxygen atoms in total. The predicted molar refractivity (Wildman–Crippen MR) is 61.6 cm³/mol. The molecule has 0 spiro atoms. The van der Waals surface area contributed by atoms with Gasteiger partial charge in [0.05, 0.1) is 11.5 Å². The van der Waals surface area contributed by atoms with Crippen LogP contribution in [0.15, 0.2) is 0 Å². The van der Waals surface area contributed by atoms with Crippen molar-refractivity contribution < 1.29 is 8.42 Å². The van der Waals surface area contributed by atoms with Crippen LogP contribution in [0.25, 0.3) is 0 Å². The minimum Gasteiger partial charge on any atom is -0.313 e. The summed E-state index contributed by atoms with van der Waals surface area (Å²) in [6.45, 7) is 5.39. The first kappa shape index (κ1) is 11.4. The van der Waals surface area contributed by atoms with Crippen LogP contribution in [0.2, 0.25) is 0 Å². The molecule has 2 atom stereocenters. The van der Waals surface area contributed by atoms with Gasteiger partial charge in [-0.15, -0.1) is 0 Å². The lowest BCUT2D eigenvalue weighted by Crippen LogP contribution is -2.37. The summed E-state index contributed by atoms with van der Waals surface area (Å²) in [6, 6.07) is 0.529. The van der Waals surface area contributed by atoms with Gasteiger partial charge < -0.3 is 5.32 Å². The normalized spacial score (nSPS) is 33.9. The Labute approximate surface area is 92.6 Å². The Kier molecular flexibility index (Phi) is 2.84. The molecule has 0 radical (unpaired) electrons. The molecule has 1 saturated heterocycles. The molecule has 2 rings (SSSR count). The number of hydrogen-bond acceptors (Lipinski definition) is 3. The molecule has 2 fully saturated rings. The summed E-state index contributed by atoms with van der Waals surface area (Å²) in [5.41, 5.74) is 0.484. The van der Waals surface area contributed by atoms with Gasteiger partial charge >= 0.3 is 0 Å². The summed E-state index contributed by atoms with van der Waals surface area (Å²) in [5, 5.41) is 3.50. The van der Waals surface area contributed by atoms with Crippen molar-refractivity contribution in [1.82, 2.24) is 5.32 Å². The summed E-state index contributed by atoms with van der Waals surface area (Å²) >= 11 is 0. The van der Waals surface area contributed by atoms with Crippen LogP contribution in [0.5, 0.6) is 0 Å². The maximum atomic E-state index is 11.3. The molecule has 88 valence electrons. The van der Waals surface area contributed by atoms with Crippen LogP contribution < -0.4 is 5.32 Å². The maximum Gasteiger partial charge on any atom is 0.150 e. The second-order valence-electron chi connectivity index (χ2n) is 5.55. The maximum absolute atomic E-state index is 11.3. The van der Waals surface area contributed by atoms with E-state index in [1.54, 1.807) is 0 Å². The molecule has 0 aromatic carbocycles. The molecule has 0 bridgehead atoms. The van der Waals surface area contributed by atoms with E-state index in [1.807, 2.05) is 0 Å². The van der Waals surface area contributed by atoms with E-state index in [0.717, 1.165) is 13.0 Å². The zero-order chi connectivity index (χ0) is 11.1. The SMILES string of the molecule is CC(NCC1CCS(=O)(=O)C1)C1(C)CC1. The van der Waals surface area contributed by atoms with Crippen molar-refractivity contribution in [2.24, 2.45) is 11.3 Å². The Balaban J connectivity index is 1.75. The van der Waals surface area contributed by atoms with Crippen LogP contribution in [-0.4, -0.2) is 32.5 Å². The largest absolute Gasteiger partial charge is 0.313 e. The molecule has 1 saturated carbocycles. The molecule has 4 heteroatoms. The smallest absolute Gasteiger partial charge is 0.150 e. The van der Waals surface area contributed by atoms with E-state index in [1.165, 1.54) is 12.8 Å². The molecular weight excluding hydrogens is 210 g/mol. The Morgan fingerprint density at radius 3 is 2.60 bits per heavy atom. The lowest BCUT2D eigenvalue weighted by atomic mass is 10.00. The molecule has 0 aromatic heterocycles. The third-order valence-corrected chi connectivity index (χ3v) is 5.96. The van der Waals surface area contributed by atoms with Crippen molar-refractivity contribution in [2.75, 3.05) is 18.1 Å². The van der Waals surface area contributed by atoms with Crippen LogP contribution in [0.3, 0.4) is 0 Å². The molecule has 15 heavy (non-hydrogen) atoms. The Morgan fingerprint density at radius 1 is 1.47 bits per heavy atom. The average molecular weight is 231 g/mol. The zero-order valence-corrected chi connectivity index (χ0v) is 10.4. The zero-order valence-electron chi connectivity index (χ0n) is 9.62. The Hall–Kier alpha value is -0.0900. The average Bonchev–Trinajstić information content (AvgIpc) is 2.80. The number of nitrogens with one attached hydrogen (secondary N) is 1. The van der Waals surface area contributed by atoms with Crippen molar-refractivity contribution >= 4 is 9.84 Å². The number of hydrogen-bond donors (Lipinski definition) is 1. The van der Waals surface area contributed by atoms with Crippen molar-refractivity contribution in [3.63, 3.8) is 0 Å². The van der Waals surface area contributed by atoms with E-state index in [-0.39, 0.29) is 0 Å². The number of rotatable bonds is 4. The van der Waals surface area contributed by atoms with E-state index in [0.29, 0.717) is 28.9 Å². The first-order valence-corrected chi connectivity index (χ1v) is 7.67. The van der Waals surface area contributed by atoms with Crippen LogP contribution in [-0.2, 0) is 9.84 Å². The van der Waals surface area contributed by atoms with Gasteiger partial charge in [0, 0.05) is 6.04 Å². The van der Waals surface area contributed by atoms with Crippen molar-refractivity contribution in [1.29, 1.82) is 0 Å². The number of sulfone groups is 1. The first-order chi connectivity index (χ1) is 6.91. The van der Waals surface area contributed by atoms with Crippen molar-refractivity contribution in [3.8, 4) is 0 Å². The van der Waals surface area contributed by atoms with E-state index in [2.05, 4.69) is 19.2 Å². The summed E-state index contributed by atoms with van der Waals surface area (Å²) in [7, 11) is -2.70. The Morgan fingerprint density at radius 2 is 2.13 bits per heavy atom. The molecule has 1 N–H and O–H groups in total. The van der Waals surface area contributed by atoms with Gasteiger partial charge in [0.15, 0.2) is 9.84 Å². The lowest BCUT2D eigenvalue weighted by Gasteiger charge is -2.22. The van der Waals surface area contributed by atoms with E-state index in [4.69, 9.17) is 0 Å². The van der Waals surface area contributed by atoms with E-state index < -0.39 is 9.84 Å². The highest BCUT2D eigenvalue weighted by molar-refractivity contribution is 7.91. The van der Waals surface area contributed by atoms with Gasteiger partial charge in [-0.2, -0.15) is 0 Å². The van der Waals surface area contributed by atoms with Crippen molar-refractivity contribution in [3.05, 3.63) is 0 Å². The van der Waals surface area contributed by atoms with Crippen LogP contribution in [0.4, 0.5) is 0 Å². The first-order valence-electron chi connectivity index (χ1n) is 5.85. The summed E-state index contributed by atoms with van der Waals surface area (Å²) in [4.78, 5) is 0. The molecule has 2 aliphatic rings. The van der Waals surface area contributed by atoms with Gasteiger partial charge in [-0.1, -0.05) is 6.92 Å². The van der Waals surface area contributed by atoms with Gasteiger partial charge in [0.2, 0.25) is 0 Å².